The van der Waals surface area contributed by atoms with E-state index in [0.29, 0.717) is 23.8 Å². The normalized spacial score (nSPS) is 20.2. The molecule has 4 heterocycles. The van der Waals surface area contributed by atoms with Crippen molar-refractivity contribution in [1.29, 1.82) is 0 Å². The summed E-state index contributed by atoms with van der Waals surface area (Å²) in [4.78, 5) is 35.8. The Hall–Kier alpha value is -3.72. The number of benzene rings is 1. The maximum atomic E-state index is 13.0. The minimum atomic E-state index is -0.799. The van der Waals surface area contributed by atoms with Gasteiger partial charge in [-0.05, 0) is 58.6 Å². The van der Waals surface area contributed by atoms with E-state index in [0.717, 1.165) is 39.5 Å². The highest BCUT2D eigenvalue weighted by molar-refractivity contribution is 6.06. The molecule has 9 nitrogen and oxygen atoms in total. The van der Waals surface area contributed by atoms with E-state index in [2.05, 4.69) is 55.1 Å². The summed E-state index contributed by atoms with van der Waals surface area (Å²) >= 11 is 0. The van der Waals surface area contributed by atoms with Crippen molar-refractivity contribution in [2.24, 2.45) is 5.92 Å². The summed E-state index contributed by atoms with van der Waals surface area (Å²) in [6.45, 7) is 8.75. The average Bonchev–Trinajstić information content (AvgIpc) is 3.60. The minimum absolute atomic E-state index is 0.0260. The first-order valence-corrected chi connectivity index (χ1v) is 12.1. The number of fused-ring (bicyclic) bond motifs is 2. The summed E-state index contributed by atoms with van der Waals surface area (Å²) in [6, 6.07) is 6.26. The number of rotatable bonds is 6. The first-order valence-electron chi connectivity index (χ1n) is 12.1. The molecule has 3 aromatic heterocycles. The van der Waals surface area contributed by atoms with Crippen LogP contribution in [0.15, 0.2) is 36.9 Å². The summed E-state index contributed by atoms with van der Waals surface area (Å²) in [5, 5.41) is 6.66. The van der Waals surface area contributed by atoms with Crippen LogP contribution in [0.1, 0.15) is 45.0 Å². The quantitative estimate of drug-likeness (QED) is 0.442. The average molecular weight is 469 g/mol. The van der Waals surface area contributed by atoms with Crippen LogP contribution in [0.5, 0.6) is 0 Å². The maximum Gasteiger partial charge on any atom is 0.249 e. The van der Waals surface area contributed by atoms with E-state index in [-0.39, 0.29) is 11.9 Å². The largest absolute Gasteiger partial charge is 0.324 e. The lowest BCUT2D eigenvalue weighted by Gasteiger charge is -2.28. The molecule has 0 bridgehead atoms. The van der Waals surface area contributed by atoms with E-state index in [1.54, 1.807) is 18.7 Å². The Kier molecular flexibility index (Phi) is 4.93. The number of nitrogens with one attached hydrogen (secondary N) is 2. The van der Waals surface area contributed by atoms with Crippen molar-refractivity contribution in [1.82, 2.24) is 34.8 Å². The van der Waals surface area contributed by atoms with Gasteiger partial charge in [-0.1, -0.05) is 6.07 Å². The molecule has 2 N–H and O–H groups in total. The lowest BCUT2D eigenvalue weighted by molar-refractivity contribution is -0.121. The predicted molar refractivity (Wildman–Crippen MR) is 133 cm³/mol. The van der Waals surface area contributed by atoms with Crippen molar-refractivity contribution in [3.05, 3.63) is 48.3 Å². The smallest absolute Gasteiger partial charge is 0.249 e. The molecule has 1 aliphatic heterocycles. The summed E-state index contributed by atoms with van der Waals surface area (Å²) < 4.78 is 2.05. The summed E-state index contributed by atoms with van der Waals surface area (Å²) in [5.41, 5.74) is 4.89. The molecule has 9 heteroatoms. The van der Waals surface area contributed by atoms with Crippen molar-refractivity contribution in [2.45, 2.75) is 58.7 Å². The lowest BCUT2D eigenvalue weighted by atomic mass is 9.90. The molecule has 178 valence electrons. The van der Waals surface area contributed by atoms with Crippen LogP contribution >= 0.6 is 0 Å². The molecule has 0 spiro atoms. The van der Waals surface area contributed by atoms with Gasteiger partial charge in [-0.15, -0.1) is 0 Å². The third-order valence-corrected chi connectivity index (χ3v) is 7.27. The van der Waals surface area contributed by atoms with Crippen molar-refractivity contribution >= 4 is 22.8 Å². The monoisotopic (exact) mass is 468 g/mol. The third-order valence-electron chi connectivity index (χ3n) is 7.27. The standard InChI is InChI=1S/C26H28N8O/c1-5-34-23(18-11-27-15(3)28-12-18)32-22-21(29-13-30-24(22)34)17-8-9-20-19(10-17)26(4,25(35)31-20)33-14(2)16-6-7-16/h8-14,16,33H,5-7H2,1-4H3,(H,31,35)/t14?,26-/m1/s1. The molecule has 2 aliphatic rings. The molecule has 35 heavy (non-hydrogen) atoms. The van der Waals surface area contributed by atoms with Crippen LogP contribution in [-0.2, 0) is 16.9 Å². The molecule has 0 radical (unpaired) electrons. The number of nitrogens with zero attached hydrogens (tertiary/aromatic N) is 6. The fourth-order valence-corrected chi connectivity index (χ4v) is 5.07. The molecule has 1 fully saturated rings. The Morgan fingerprint density at radius 1 is 1.17 bits per heavy atom. The second kappa shape index (κ2) is 7.91. The highest BCUT2D eigenvalue weighted by Gasteiger charge is 2.45. The Morgan fingerprint density at radius 2 is 1.94 bits per heavy atom. The van der Waals surface area contributed by atoms with Crippen molar-refractivity contribution < 1.29 is 4.79 Å². The zero-order valence-electron chi connectivity index (χ0n) is 20.3. The Labute approximate surface area is 203 Å². The van der Waals surface area contributed by atoms with E-state index in [9.17, 15) is 4.79 Å². The number of amides is 1. The van der Waals surface area contributed by atoms with Crippen LogP contribution in [0.3, 0.4) is 0 Å². The van der Waals surface area contributed by atoms with Crippen molar-refractivity contribution in [3.63, 3.8) is 0 Å². The number of carbonyl (C=O) groups excluding carboxylic acids is 1. The molecule has 1 saturated carbocycles. The van der Waals surface area contributed by atoms with E-state index in [1.807, 2.05) is 26.0 Å². The second-order valence-corrected chi connectivity index (χ2v) is 9.70. The predicted octanol–water partition coefficient (Wildman–Crippen LogP) is 3.83. The lowest BCUT2D eigenvalue weighted by Crippen LogP contribution is -2.50. The van der Waals surface area contributed by atoms with E-state index >= 15 is 0 Å². The maximum absolute atomic E-state index is 13.0. The summed E-state index contributed by atoms with van der Waals surface area (Å²) in [7, 11) is 0. The van der Waals surface area contributed by atoms with Gasteiger partial charge in [0.2, 0.25) is 5.91 Å². The molecule has 1 aromatic carbocycles. The zero-order valence-corrected chi connectivity index (χ0v) is 20.3. The van der Waals surface area contributed by atoms with Gasteiger partial charge in [0.25, 0.3) is 0 Å². The van der Waals surface area contributed by atoms with Crippen LogP contribution in [0, 0.1) is 12.8 Å². The van der Waals surface area contributed by atoms with Crippen molar-refractivity contribution in [3.8, 4) is 22.6 Å². The fraction of sp³-hybridized carbons (Fsp3) is 0.385. The topological polar surface area (TPSA) is 111 Å². The minimum Gasteiger partial charge on any atom is -0.324 e. The van der Waals surface area contributed by atoms with Gasteiger partial charge in [0.1, 0.15) is 34.7 Å². The molecule has 1 amide bonds. The van der Waals surface area contributed by atoms with Gasteiger partial charge in [0.05, 0.1) is 5.56 Å². The Balaban J connectivity index is 1.47. The summed E-state index contributed by atoms with van der Waals surface area (Å²) in [6.07, 6.45) is 7.57. The highest BCUT2D eigenvalue weighted by Crippen LogP contribution is 2.41. The first-order chi connectivity index (χ1) is 16.9. The van der Waals surface area contributed by atoms with Crippen LogP contribution in [0.25, 0.3) is 33.8 Å². The fourth-order valence-electron chi connectivity index (χ4n) is 5.07. The number of carbonyl (C=O) groups is 1. The number of hydrogen-bond acceptors (Lipinski definition) is 7. The molecule has 1 aliphatic carbocycles. The van der Waals surface area contributed by atoms with Gasteiger partial charge >= 0.3 is 0 Å². The number of aryl methyl sites for hydroxylation is 2. The first kappa shape index (κ1) is 21.8. The second-order valence-electron chi connectivity index (χ2n) is 9.70. The molecule has 4 aromatic rings. The summed E-state index contributed by atoms with van der Waals surface area (Å²) in [5.74, 6) is 2.08. The van der Waals surface area contributed by atoms with Gasteiger partial charge < -0.3 is 9.88 Å². The number of imidazole rings is 1. The van der Waals surface area contributed by atoms with Gasteiger partial charge in [0.15, 0.2) is 5.65 Å². The Bertz CT molecular complexity index is 1460. The van der Waals surface area contributed by atoms with Crippen LogP contribution in [0.2, 0.25) is 0 Å². The molecule has 2 atom stereocenters. The van der Waals surface area contributed by atoms with E-state index < -0.39 is 5.54 Å². The van der Waals surface area contributed by atoms with Crippen LogP contribution < -0.4 is 10.6 Å². The Morgan fingerprint density at radius 3 is 2.66 bits per heavy atom. The molecular weight excluding hydrogens is 440 g/mol. The van der Waals surface area contributed by atoms with Crippen molar-refractivity contribution in [2.75, 3.05) is 5.32 Å². The molecular formula is C26H28N8O. The van der Waals surface area contributed by atoms with Gasteiger partial charge in [-0.25, -0.2) is 24.9 Å². The molecule has 6 rings (SSSR count). The number of aromatic nitrogens is 6. The van der Waals surface area contributed by atoms with Gasteiger partial charge in [0, 0.05) is 41.8 Å². The number of hydrogen-bond donors (Lipinski definition) is 2. The third kappa shape index (κ3) is 3.49. The van der Waals surface area contributed by atoms with Crippen LogP contribution in [0.4, 0.5) is 5.69 Å². The van der Waals surface area contributed by atoms with Gasteiger partial charge in [-0.3, -0.25) is 10.1 Å². The highest BCUT2D eigenvalue weighted by atomic mass is 16.2. The molecule has 0 saturated heterocycles. The molecule has 1 unspecified atom stereocenters. The number of anilines is 1. The van der Waals surface area contributed by atoms with E-state index in [1.165, 1.54) is 12.8 Å². The van der Waals surface area contributed by atoms with Gasteiger partial charge in [-0.2, -0.15) is 0 Å². The van der Waals surface area contributed by atoms with Crippen LogP contribution in [-0.4, -0.2) is 41.4 Å². The van der Waals surface area contributed by atoms with E-state index in [4.69, 9.17) is 4.98 Å². The SMILES string of the molecule is CCn1c(-c2cnc(C)nc2)nc2c(-c3ccc4c(c3)[C@@](C)(NC(C)C3CC3)C(=O)N4)ncnc21. The zero-order chi connectivity index (χ0) is 24.3.